The van der Waals surface area contributed by atoms with E-state index >= 15 is 0 Å². The van der Waals surface area contributed by atoms with E-state index in [1.54, 1.807) is 11.0 Å². The second-order valence-electron chi connectivity index (χ2n) is 6.50. The van der Waals surface area contributed by atoms with Crippen molar-refractivity contribution in [1.29, 1.82) is 0 Å². The zero-order valence-corrected chi connectivity index (χ0v) is 17.5. The lowest BCUT2D eigenvalue weighted by Gasteiger charge is -2.24. The van der Waals surface area contributed by atoms with Crippen molar-refractivity contribution in [2.45, 2.75) is 20.0 Å². The zero-order chi connectivity index (χ0) is 20.1. The molecule has 0 aliphatic rings. The number of halogens is 3. The Bertz CT molecular complexity index is 909. The first-order valence-electron chi connectivity index (χ1n) is 8.72. The SMILES string of the molecule is Cc1ccc(NC(=O)N(Cc2ccc(Cl)cc2)Cc2ccc(Cl)cc2)cc1Cl. The van der Waals surface area contributed by atoms with Gasteiger partial charge in [0, 0.05) is 33.8 Å². The number of nitrogens with one attached hydrogen (secondary N) is 1. The first-order valence-corrected chi connectivity index (χ1v) is 9.85. The Labute approximate surface area is 179 Å². The van der Waals surface area contributed by atoms with E-state index in [1.807, 2.05) is 67.6 Å². The Kier molecular flexibility index (Phi) is 6.84. The van der Waals surface area contributed by atoms with Crippen LogP contribution >= 0.6 is 34.8 Å². The highest BCUT2D eigenvalue weighted by molar-refractivity contribution is 6.31. The number of carbonyl (C=O) groups excluding carboxylic acids is 1. The van der Waals surface area contributed by atoms with Crippen LogP contribution in [0.1, 0.15) is 16.7 Å². The molecule has 144 valence electrons. The molecular weight excluding hydrogens is 415 g/mol. The van der Waals surface area contributed by atoms with Crippen molar-refractivity contribution < 1.29 is 4.79 Å². The molecule has 0 bridgehead atoms. The number of hydrogen-bond donors (Lipinski definition) is 1. The van der Waals surface area contributed by atoms with Crippen LogP contribution in [0.25, 0.3) is 0 Å². The van der Waals surface area contributed by atoms with Crippen molar-refractivity contribution in [3.05, 3.63) is 98.5 Å². The molecule has 0 spiro atoms. The van der Waals surface area contributed by atoms with E-state index < -0.39 is 0 Å². The predicted molar refractivity (Wildman–Crippen MR) is 117 cm³/mol. The summed E-state index contributed by atoms with van der Waals surface area (Å²) >= 11 is 18.1. The van der Waals surface area contributed by atoms with E-state index in [0.29, 0.717) is 33.8 Å². The number of nitrogens with zero attached hydrogens (tertiary/aromatic N) is 1. The molecule has 0 unspecified atom stereocenters. The molecule has 3 rings (SSSR count). The number of amides is 2. The summed E-state index contributed by atoms with van der Waals surface area (Å²) in [5.74, 6) is 0. The van der Waals surface area contributed by atoms with E-state index in [-0.39, 0.29) is 6.03 Å². The van der Waals surface area contributed by atoms with Crippen molar-refractivity contribution in [3.8, 4) is 0 Å². The molecule has 0 aromatic heterocycles. The van der Waals surface area contributed by atoms with E-state index in [1.165, 1.54) is 0 Å². The number of anilines is 1. The molecule has 28 heavy (non-hydrogen) atoms. The molecular formula is C22H19Cl3N2O. The molecule has 1 N–H and O–H groups in total. The van der Waals surface area contributed by atoms with Crippen LogP contribution in [0.15, 0.2) is 66.7 Å². The number of carbonyl (C=O) groups is 1. The highest BCUT2D eigenvalue weighted by Gasteiger charge is 2.15. The average Bonchev–Trinajstić information content (AvgIpc) is 2.67. The fourth-order valence-corrected chi connectivity index (χ4v) is 3.13. The third-order valence-electron chi connectivity index (χ3n) is 4.28. The molecule has 0 atom stereocenters. The van der Waals surface area contributed by atoms with E-state index in [0.717, 1.165) is 16.7 Å². The minimum absolute atomic E-state index is 0.218. The molecule has 0 aliphatic carbocycles. The van der Waals surface area contributed by atoms with Crippen LogP contribution in [0.2, 0.25) is 15.1 Å². The first kappa shape index (κ1) is 20.5. The summed E-state index contributed by atoms with van der Waals surface area (Å²) in [5, 5.41) is 4.85. The molecule has 3 nitrogen and oxygen atoms in total. The van der Waals surface area contributed by atoms with E-state index in [2.05, 4.69) is 5.32 Å². The normalized spacial score (nSPS) is 10.6. The van der Waals surface area contributed by atoms with Gasteiger partial charge in [-0.1, -0.05) is 65.1 Å². The lowest BCUT2D eigenvalue weighted by Crippen LogP contribution is -2.34. The fourth-order valence-electron chi connectivity index (χ4n) is 2.69. The van der Waals surface area contributed by atoms with Gasteiger partial charge in [-0.25, -0.2) is 4.79 Å². The maximum Gasteiger partial charge on any atom is 0.322 e. The van der Waals surface area contributed by atoms with Crippen molar-refractivity contribution in [2.24, 2.45) is 0 Å². The van der Waals surface area contributed by atoms with Crippen LogP contribution < -0.4 is 5.32 Å². The highest BCUT2D eigenvalue weighted by Crippen LogP contribution is 2.21. The zero-order valence-electron chi connectivity index (χ0n) is 15.3. The summed E-state index contributed by atoms with van der Waals surface area (Å²) < 4.78 is 0. The van der Waals surface area contributed by atoms with Crippen molar-refractivity contribution in [1.82, 2.24) is 4.90 Å². The fraction of sp³-hybridized carbons (Fsp3) is 0.136. The van der Waals surface area contributed by atoms with Gasteiger partial charge in [-0.2, -0.15) is 0 Å². The highest BCUT2D eigenvalue weighted by atomic mass is 35.5. The number of hydrogen-bond acceptors (Lipinski definition) is 1. The number of benzene rings is 3. The first-order chi connectivity index (χ1) is 13.4. The van der Waals surface area contributed by atoms with Gasteiger partial charge in [-0.05, 0) is 60.0 Å². The van der Waals surface area contributed by atoms with Crippen LogP contribution in [-0.2, 0) is 13.1 Å². The summed E-state index contributed by atoms with van der Waals surface area (Å²) in [4.78, 5) is 14.7. The summed E-state index contributed by atoms with van der Waals surface area (Å²) in [7, 11) is 0. The van der Waals surface area contributed by atoms with Gasteiger partial charge in [-0.3, -0.25) is 0 Å². The van der Waals surface area contributed by atoms with Crippen LogP contribution in [0.4, 0.5) is 10.5 Å². The van der Waals surface area contributed by atoms with Crippen LogP contribution in [0.5, 0.6) is 0 Å². The Morgan fingerprint density at radius 1 is 0.821 bits per heavy atom. The van der Waals surface area contributed by atoms with Gasteiger partial charge < -0.3 is 10.2 Å². The summed E-state index contributed by atoms with van der Waals surface area (Å²) in [6, 6.07) is 20.1. The van der Waals surface area contributed by atoms with Crippen molar-refractivity contribution in [3.63, 3.8) is 0 Å². The van der Waals surface area contributed by atoms with Crippen molar-refractivity contribution >= 4 is 46.5 Å². The van der Waals surface area contributed by atoms with Crippen molar-refractivity contribution in [2.75, 3.05) is 5.32 Å². The molecule has 2 amide bonds. The lowest BCUT2D eigenvalue weighted by atomic mass is 10.1. The molecule has 3 aromatic carbocycles. The van der Waals surface area contributed by atoms with Gasteiger partial charge in [-0.15, -0.1) is 0 Å². The minimum atomic E-state index is -0.218. The predicted octanol–water partition coefficient (Wildman–Crippen LogP) is 7.19. The number of urea groups is 1. The maximum absolute atomic E-state index is 13.0. The molecule has 3 aromatic rings. The Balaban J connectivity index is 1.80. The Hall–Kier alpha value is -2.20. The molecule has 0 heterocycles. The summed E-state index contributed by atoms with van der Waals surface area (Å²) in [6.45, 7) is 2.79. The second kappa shape index (κ2) is 9.33. The van der Waals surface area contributed by atoms with Crippen LogP contribution in [-0.4, -0.2) is 10.9 Å². The number of aryl methyl sites for hydroxylation is 1. The van der Waals surface area contributed by atoms with E-state index in [4.69, 9.17) is 34.8 Å². The molecule has 0 saturated carbocycles. The van der Waals surface area contributed by atoms with Crippen LogP contribution in [0.3, 0.4) is 0 Å². The molecule has 0 aliphatic heterocycles. The minimum Gasteiger partial charge on any atom is -0.316 e. The van der Waals surface area contributed by atoms with Gasteiger partial charge in [0.15, 0.2) is 0 Å². The Morgan fingerprint density at radius 3 is 1.79 bits per heavy atom. The quantitative estimate of drug-likeness (QED) is 0.453. The largest absolute Gasteiger partial charge is 0.322 e. The summed E-state index contributed by atoms with van der Waals surface area (Å²) in [6.07, 6.45) is 0. The monoisotopic (exact) mass is 432 g/mol. The maximum atomic E-state index is 13.0. The Morgan fingerprint density at radius 2 is 1.32 bits per heavy atom. The van der Waals surface area contributed by atoms with Gasteiger partial charge in [0.1, 0.15) is 0 Å². The standard InChI is InChI=1S/C22H19Cl3N2O/c1-15-2-11-20(12-21(15)25)26-22(28)27(13-16-3-7-18(23)8-4-16)14-17-5-9-19(24)10-6-17/h2-12H,13-14H2,1H3,(H,26,28). The van der Waals surface area contributed by atoms with Gasteiger partial charge in [0.05, 0.1) is 0 Å². The molecule has 0 radical (unpaired) electrons. The average molecular weight is 434 g/mol. The molecule has 0 saturated heterocycles. The molecule has 6 heteroatoms. The van der Waals surface area contributed by atoms with Gasteiger partial charge >= 0.3 is 6.03 Å². The third kappa shape index (κ3) is 5.65. The van der Waals surface area contributed by atoms with E-state index in [9.17, 15) is 4.79 Å². The summed E-state index contributed by atoms with van der Waals surface area (Å²) in [5.41, 5.74) is 3.57. The number of rotatable bonds is 5. The smallest absolute Gasteiger partial charge is 0.316 e. The van der Waals surface area contributed by atoms with Gasteiger partial charge in [0.25, 0.3) is 0 Å². The van der Waals surface area contributed by atoms with Crippen LogP contribution in [0, 0.1) is 6.92 Å². The lowest BCUT2D eigenvalue weighted by molar-refractivity contribution is 0.206. The topological polar surface area (TPSA) is 32.3 Å². The second-order valence-corrected chi connectivity index (χ2v) is 7.78. The van der Waals surface area contributed by atoms with Gasteiger partial charge in [0.2, 0.25) is 0 Å². The molecule has 0 fully saturated rings. The third-order valence-corrected chi connectivity index (χ3v) is 5.19.